The molecule has 0 N–H and O–H groups in total. The van der Waals surface area contributed by atoms with Gasteiger partial charge in [-0.2, -0.15) is 5.26 Å². The summed E-state index contributed by atoms with van der Waals surface area (Å²) in [5.41, 5.74) is 0. The minimum atomic E-state index is -0.0947. The summed E-state index contributed by atoms with van der Waals surface area (Å²) in [7, 11) is 0. The highest BCUT2D eigenvalue weighted by Gasteiger charge is 2.32. The van der Waals surface area contributed by atoms with Crippen molar-refractivity contribution in [3.63, 3.8) is 0 Å². The summed E-state index contributed by atoms with van der Waals surface area (Å²) in [6, 6.07) is 2.47. The first-order valence-corrected chi connectivity index (χ1v) is 7.03. The molecule has 0 radical (unpaired) electrons. The summed E-state index contributed by atoms with van der Waals surface area (Å²) < 4.78 is 0. The Morgan fingerprint density at radius 1 is 1.50 bits per heavy atom. The highest BCUT2D eigenvalue weighted by molar-refractivity contribution is 5.79. The van der Waals surface area contributed by atoms with Crippen LogP contribution >= 0.6 is 0 Å². The molecule has 1 heterocycles. The van der Waals surface area contributed by atoms with Crippen molar-refractivity contribution in [2.45, 2.75) is 46.1 Å². The van der Waals surface area contributed by atoms with E-state index in [9.17, 15) is 4.79 Å². The van der Waals surface area contributed by atoms with Crippen LogP contribution in [0.4, 0.5) is 0 Å². The molecule has 1 aliphatic rings. The van der Waals surface area contributed by atoms with Crippen molar-refractivity contribution < 1.29 is 4.79 Å². The maximum Gasteiger partial charge on any atom is 0.224 e. The van der Waals surface area contributed by atoms with Crippen LogP contribution in [0.3, 0.4) is 0 Å². The van der Waals surface area contributed by atoms with Crippen molar-refractivity contribution in [2.24, 2.45) is 5.92 Å². The van der Waals surface area contributed by atoms with Crippen molar-refractivity contribution in [3.05, 3.63) is 0 Å². The van der Waals surface area contributed by atoms with Gasteiger partial charge in [-0.15, -0.1) is 0 Å². The van der Waals surface area contributed by atoms with Crippen molar-refractivity contribution >= 4 is 5.91 Å². The maximum atomic E-state index is 11.8. The van der Waals surface area contributed by atoms with E-state index >= 15 is 0 Å². The fourth-order valence-corrected chi connectivity index (χ4v) is 2.55. The van der Waals surface area contributed by atoms with Crippen LogP contribution in [0.5, 0.6) is 0 Å². The fraction of sp³-hybridized carbons (Fsp3) is 0.857. The second-order valence-electron chi connectivity index (χ2n) is 5.09. The van der Waals surface area contributed by atoms with Gasteiger partial charge in [0.1, 0.15) is 0 Å². The van der Waals surface area contributed by atoms with Crippen LogP contribution in [0.15, 0.2) is 0 Å². The molecule has 0 spiro atoms. The van der Waals surface area contributed by atoms with Gasteiger partial charge in [0, 0.05) is 19.0 Å². The molecule has 102 valence electrons. The zero-order valence-corrected chi connectivity index (χ0v) is 11.9. The number of amides is 1. The molecule has 2 atom stereocenters. The highest BCUT2D eigenvalue weighted by Crippen LogP contribution is 2.21. The largest absolute Gasteiger partial charge is 0.339 e. The van der Waals surface area contributed by atoms with Gasteiger partial charge < -0.3 is 9.80 Å². The Kier molecular flexibility index (Phi) is 6.14. The molecule has 1 aliphatic heterocycles. The molecule has 1 rings (SSSR count). The van der Waals surface area contributed by atoms with Crippen molar-refractivity contribution in [1.82, 2.24) is 9.80 Å². The fourth-order valence-electron chi connectivity index (χ4n) is 2.55. The Labute approximate surface area is 111 Å². The molecule has 0 aliphatic carbocycles. The van der Waals surface area contributed by atoms with Gasteiger partial charge in [-0.1, -0.05) is 13.8 Å². The number of nitrogens with zero attached hydrogens (tertiary/aromatic N) is 3. The molecule has 0 aromatic rings. The average Bonchev–Trinajstić information content (AvgIpc) is 2.76. The molecule has 0 saturated carbocycles. The minimum absolute atomic E-state index is 0.0947. The SMILES string of the molecule is CCN(CC)CCCC(C)N1CC(C#N)CC1=O. The minimum Gasteiger partial charge on any atom is -0.339 e. The Hall–Kier alpha value is -1.08. The number of rotatable bonds is 7. The van der Waals surface area contributed by atoms with Gasteiger partial charge in [0.25, 0.3) is 0 Å². The maximum absolute atomic E-state index is 11.8. The summed E-state index contributed by atoms with van der Waals surface area (Å²) in [6.45, 7) is 10.3. The molecule has 0 aromatic carbocycles. The quantitative estimate of drug-likeness (QED) is 0.694. The summed E-state index contributed by atoms with van der Waals surface area (Å²) in [4.78, 5) is 16.0. The molecule has 18 heavy (non-hydrogen) atoms. The van der Waals surface area contributed by atoms with Gasteiger partial charge in [-0.05, 0) is 39.4 Å². The Balaban J connectivity index is 2.31. The normalized spacial score (nSPS) is 21.4. The van der Waals surface area contributed by atoms with Crippen LogP contribution in [0.1, 0.15) is 40.0 Å². The predicted octanol–water partition coefficient (Wildman–Crippen LogP) is 1.87. The van der Waals surface area contributed by atoms with Crippen LogP contribution in [0, 0.1) is 17.2 Å². The van der Waals surface area contributed by atoms with Gasteiger partial charge in [0.05, 0.1) is 12.0 Å². The zero-order chi connectivity index (χ0) is 13.5. The van der Waals surface area contributed by atoms with E-state index in [1.165, 1.54) is 0 Å². The molecule has 1 saturated heterocycles. The molecule has 2 unspecified atom stereocenters. The second-order valence-corrected chi connectivity index (χ2v) is 5.09. The average molecular weight is 251 g/mol. The van der Waals surface area contributed by atoms with Crippen LogP contribution < -0.4 is 0 Å². The number of likely N-dealkylation sites (tertiary alicyclic amines) is 1. The standard InChI is InChI=1S/C14H25N3O/c1-4-16(5-2)8-6-7-12(3)17-11-13(10-15)9-14(17)18/h12-13H,4-9,11H2,1-3H3. The summed E-state index contributed by atoms with van der Waals surface area (Å²) in [5, 5.41) is 8.86. The lowest BCUT2D eigenvalue weighted by atomic mass is 10.1. The van der Waals surface area contributed by atoms with Crippen LogP contribution in [-0.2, 0) is 4.79 Å². The molecule has 0 bridgehead atoms. The van der Waals surface area contributed by atoms with E-state index in [1.807, 2.05) is 4.90 Å². The van der Waals surface area contributed by atoms with Gasteiger partial charge in [-0.25, -0.2) is 0 Å². The van der Waals surface area contributed by atoms with E-state index in [-0.39, 0.29) is 17.9 Å². The Morgan fingerprint density at radius 3 is 2.67 bits per heavy atom. The van der Waals surface area contributed by atoms with E-state index in [0.717, 1.165) is 32.5 Å². The molecular formula is C14H25N3O. The van der Waals surface area contributed by atoms with E-state index in [4.69, 9.17) is 5.26 Å². The lowest BCUT2D eigenvalue weighted by molar-refractivity contribution is -0.129. The molecule has 1 amide bonds. The third kappa shape index (κ3) is 3.99. The highest BCUT2D eigenvalue weighted by atomic mass is 16.2. The number of nitriles is 1. The topological polar surface area (TPSA) is 47.3 Å². The number of hydrogen-bond acceptors (Lipinski definition) is 3. The summed E-state index contributed by atoms with van der Waals surface area (Å²) in [6.07, 6.45) is 2.56. The zero-order valence-electron chi connectivity index (χ0n) is 11.9. The van der Waals surface area contributed by atoms with E-state index in [1.54, 1.807) is 0 Å². The monoisotopic (exact) mass is 251 g/mol. The Morgan fingerprint density at radius 2 is 2.17 bits per heavy atom. The molecule has 4 nitrogen and oxygen atoms in total. The molecular weight excluding hydrogens is 226 g/mol. The smallest absolute Gasteiger partial charge is 0.224 e. The Bertz CT molecular complexity index is 307. The van der Waals surface area contributed by atoms with Gasteiger partial charge in [0.2, 0.25) is 5.91 Å². The predicted molar refractivity (Wildman–Crippen MR) is 71.9 cm³/mol. The van der Waals surface area contributed by atoms with Crippen molar-refractivity contribution in [1.29, 1.82) is 5.26 Å². The number of carbonyl (C=O) groups is 1. The summed E-state index contributed by atoms with van der Waals surface area (Å²) >= 11 is 0. The summed E-state index contributed by atoms with van der Waals surface area (Å²) in [5.74, 6) is 0.0552. The third-order valence-electron chi connectivity index (χ3n) is 3.86. The van der Waals surface area contributed by atoms with E-state index in [0.29, 0.717) is 13.0 Å². The van der Waals surface area contributed by atoms with Gasteiger partial charge in [-0.3, -0.25) is 4.79 Å². The first-order chi connectivity index (χ1) is 8.62. The van der Waals surface area contributed by atoms with Crippen LogP contribution in [0.2, 0.25) is 0 Å². The number of hydrogen-bond donors (Lipinski definition) is 0. The number of carbonyl (C=O) groups excluding carboxylic acids is 1. The van der Waals surface area contributed by atoms with E-state index < -0.39 is 0 Å². The van der Waals surface area contributed by atoms with Crippen molar-refractivity contribution in [3.8, 4) is 6.07 Å². The second kappa shape index (κ2) is 7.38. The van der Waals surface area contributed by atoms with Crippen LogP contribution in [-0.4, -0.2) is 47.9 Å². The first kappa shape index (κ1) is 15.0. The molecule has 4 heteroatoms. The lowest BCUT2D eigenvalue weighted by Crippen LogP contribution is -2.35. The van der Waals surface area contributed by atoms with Crippen LogP contribution in [0.25, 0.3) is 0 Å². The molecule has 1 fully saturated rings. The first-order valence-electron chi connectivity index (χ1n) is 7.03. The molecule has 0 aromatic heterocycles. The van der Waals surface area contributed by atoms with Gasteiger partial charge >= 0.3 is 0 Å². The van der Waals surface area contributed by atoms with Gasteiger partial charge in [0.15, 0.2) is 0 Å². The van der Waals surface area contributed by atoms with E-state index in [2.05, 4.69) is 31.7 Å². The van der Waals surface area contributed by atoms with Crippen molar-refractivity contribution in [2.75, 3.05) is 26.2 Å². The lowest BCUT2D eigenvalue weighted by Gasteiger charge is -2.25. The third-order valence-corrected chi connectivity index (χ3v) is 3.86.